The minimum atomic E-state index is -1.05. The zero-order chi connectivity index (χ0) is 23.2. The fourth-order valence-electron chi connectivity index (χ4n) is 2.40. The van der Waals surface area contributed by atoms with Crippen molar-refractivity contribution < 1.29 is 33.9 Å². The maximum Gasteiger partial charge on any atom is 0.335 e. The number of nitrogens with one attached hydrogen (secondary N) is 5. The van der Waals surface area contributed by atoms with Crippen LogP contribution in [0, 0.1) is 0 Å². The first-order chi connectivity index (χ1) is 14.8. The molecule has 5 amide bonds. The van der Waals surface area contributed by atoms with E-state index in [4.69, 9.17) is 5.11 Å². The molecule has 0 aliphatic heterocycles. The smallest absolute Gasteiger partial charge is 0.335 e. The summed E-state index contributed by atoms with van der Waals surface area (Å²) < 4.78 is 0. The van der Waals surface area contributed by atoms with Crippen LogP contribution < -0.4 is 26.6 Å². The van der Waals surface area contributed by atoms with Gasteiger partial charge in [-0.15, -0.1) is 0 Å². The average molecular weight is 435 g/mol. The molecule has 6 N–H and O–H groups in total. The Labute approximate surface area is 178 Å². The highest BCUT2D eigenvalue weighted by Crippen LogP contribution is 2.09. The highest BCUT2D eigenvalue weighted by atomic mass is 16.4. The van der Waals surface area contributed by atoms with E-state index >= 15 is 0 Å². The molecule has 0 aliphatic carbocycles. The minimum absolute atomic E-state index is 0.0279. The van der Waals surface area contributed by atoms with Crippen LogP contribution in [0.25, 0.3) is 0 Å². The number of rotatable bonds is 12. The van der Waals surface area contributed by atoms with Crippen molar-refractivity contribution in [3.05, 3.63) is 29.8 Å². The van der Waals surface area contributed by atoms with Gasteiger partial charge in [0.2, 0.25) is 17.7 Å². The summed E-state index contributed by atoms with van der Waals surface area (Å²) in [4.78, 5) is 68.4. The Morgan fingerprint density at radius 1 is 1.03 bits per heavy atom. The number of hydrogen-bond donors (Lipinski definition) is 6. The zero-order valence-corrected chi connectivity index (χ0v) is 16.9. The standard InChI is InChI=1S/C19H25N5O7/c1-20-17(28)14(6-7-15(26)22-10-11-25)23-19(31)24-16(27)8-9-21-13-4-2-12(3-5-13)18(29)30/h2-5,11,14,21H,6-10H2,1H3,(H,20,28)(H,22,26)(H,29,30)(H2,23,24,27,31)/t14-/m0/s1. The number of anilines is 1. The summed E-state index contributed by atoms with van der Waals surface area (Å²) in [6, 6.07) is 3.98. The second-order valence-electron chi connectivity index (χ2n) is 6.26. The van der Waals surface area contributed by atoms with E-state index in [1.807, 2.05) is 0 Å². The third-order valence-corrected chi connectivity index (χ3v) is 3.98. The van der Waals surface area contributed by atoms with Gasteiger partial charge in [-0.3, -0.25) is 19.7 Å². The number of carboxylic acid groups (broad SMARTS) is 1. The molecule has 0 saturated carbocycles. The topological polar surface area (TPSA) is 183 Å². The fraction of sp³-hybridized carbons (Fsp3) is 0.368. The van der Waals surface area contributed by atoms with E-state index in [1.54, 1.807) is 12.1 Å². The lowest BCUT2D eigenvalue weighted by Crippen LogP contribution is -2.51. The van der Waals surface area contributed by atoms with Crippen molar-refractivity contribution in [1.82, 2.24) is 21.3 Å². The van der Waals surface area contributed by atoms with Gasteiger partial charge in [0.1, 0.15) is 12.3 Å². The monoisotopic (exact) mass is 435 g/mol. The maximum atomic E-state index is 12.0. The Bertz CT molecular complexity index is 810. The van der Waals surface area contributed by atoms with Crippen molar-refractivity contribution in [1.29, 1.82) is 0 Å². The van der Waals surface area contributed by atoms with Crippen LogP contribution in [0.1, 0.15) is 29.6 Å². The van der Waals surface area contributed by atoms with Gasteiger partial charge in [0.05, 0.1) is 12.1 Å². The summed E-state index contributed by atoms with van der Waals surface area (Å²) in [6.45, 7) is 0.0327. The average Bonchev–Trinajstić information content (AvgIpc) is 2.74. The lowest BCUT2D eigenvalue weighted by molar-refractivity contribution is -0.124. The number of urea groups is 1. The number of aromatic carboxylic acids is 1. The van der Waals surface area contributed by atoms with Crippen molar-refractivity contribution >= 4 is 41.7 Å². The lowest BCUT2D eigenvalue weighted by Gasteiger charge is -2.17. The van der Waals surface area contributed by atoms with Gasteiger partial charge in [-0.2, -0.15) is 0 Å². The first kappa shape index (κ1) is 25.1. The van der Waals surface area contributed by atoms with Gasteiger partial charge < -0.3 is 31.2 Å². The molecule has 1 aromatic rings. The molecule has 0 radical (unpaired) electrons. The summed E-state index contributed by atoms with van der Waals surface area (Å²) in [6.07, 6.45) is 0.322. The number of likely N-dealkylation sites (N-methyl/N-ethyl adjacent to an activating group) is 1. The van der Waals surface area contributed by atoms with Crippen molar-refractivity contribution in [3.8, 4) is 0 Å². The van der Waals surface area contributed by atoms with Gasteiger partial charge in [0.15, 0.2) is 0 Å². The van der Waals surface area contributed by atoms with Gasteiger partial charge >= 0.3 is 12.0 Å². The summed E-state index contributed by atoms with van der Waals surface area (Å²) >= 11 is 0. The molecule has 168 valence electrons. The van der Waals surface area contributed by atoms with E-state index in [2.05, 4.69) is 26.6 Å². The molecule has 0 aromatic heterocycles. The molecule has 12 heteroatoms. The highest BCUT2D eigenvalue weighted by Gasteiger charge is 2.21. The number of carboxylic acids is 1. The van der Waals surface area contributed by atoms with E-state index in [0.717, 1.165) is 0 Å². The Morgan fingerprint density at radius 2 is 1.71 bits per heavy atom. The molecular weight excluding hydrogens is 410 g/mol. The predicted molar refractivity (Wildman–Crippen MR) is 109 cm³/mol. The van der Waals surface area contributed by atoms with E-state index in [1.165, 1.54) is 19.2 Å². The van der Waals surface area contributed by atoms with Crippen molar-refractivity contribution in [2.24, 2.45) is 0 Å². The van der Waals surface area contributed by atoms with Crippen LogP contribution in [-0.4, -0.2) is 67.3 Å². The molecule has 0 fully saturated rings. The van der Waals surface area contributed by atoms with Gasteiger partial charge in [-0.25, -0.2) is 9.59 Å². The van der Waals surface area contributed by atoms with E-state index in [-0.39, 0.29) is 37.9 Å². The first-order valence-electron chi connectivity index (χ1n) is 9.36. The molecule has 1 aromatic carbocycles. The number of imide groups is 1. The third kappa shape index (κ3) is 9.87. The van der Waals surface area contributed by atoms with Crippen LogP contribution in [-0.2, 0) is 19.2 Å². The Hall–Kier alpha value is -3.96. The van der Waals surface area contributed by atoms with Crippen LogP contribution in [0.3, 0.4) is 0 Å². The van der Waals surface area contributed by atoms with Crippen LogP contribution >= 0.6 is 0 Å². The molecule has 0 saturated heterocycles. The van der Waals surface area contributed by atoms with Crippen LogP contribution in [0.5, 0.6) is 0 Å². The number of benzene rings is 1. The molecule has 31 heavy (non-hydrogen) atoms. The highest BCUT2D eigenvalue weighted by molar-refractivity contribution is 5.96. The Balaban J connectivity index is 2.43. The molecule has 0 unspecified atom stereocenters. The predicted octanol–water partition coefficient (Wildman–Crippen LogP) is -0.777. The molecule has 1 rings (SSSR count). The largest absolute Gasteiger partial charge is 0.478 e. The zero-order valence-electron chi connectivity index (χ0n) is 16.9. The first-order valence-corrected chi connectivity index (χ1v) is 9.36. The molecule has 12 nitrogen and oxygen atoms in total. The minimum Gasteiger partial charge on any atom is -0.478 e. The fourth-order valence-corrected chi connectivity index (χ4v) is 2.40. The molecule has 0 spiro atoms. The van der Waals surface area contributed by atoms with Crippen molar-refractivity contribution in [3.63, 3.8) is 0 Å². The lowest BCUT2D eigenvalue weighted by atomic mass is 10.1. The second-order valence-corrected chi connectivity index (χ2v) is 6.26. The Kier molecular flexibility index (Phi) is 10.8. The summed E-state index contributed by atoms with van der Waals surface area (Å²) in [7, 11) is 1.36. The quantitative estimate of drug-likeness (QED) is 0.231. The number of carbonyl (C=O) groups is 6. The summed E-state index contributed by atoms with van der Waals surface area (Å²) in [5, 5.41) is 20.8. The van der Waals surface area contributed by atoms with Gasteiger partial charge in [-0.05, 0) is 30.7 Å². The van der Waals surface area contributed by atoms with E-state index < -0.39 is 35.8 Å². The molecular formula is C19H25N5O7. The van der Waals surface area contributed by atoms with Crippen molar-refractivity contribution in [2.45, 2.75) is 25.3 Å². The van der Waals surface area contributed by atoms with E-state index in [0.29, 0.717) is 12.0 Å². The molecule has 0 aliphatic rings. The van der Waals surface area contributed by atoms with Gasteiger partial charge in [0.25, 0.3) is 0 Å². The molecule has 1 atom stereocenters. The second kappa shape index (κ2) is 13.3. The summed E-state index contributed by atoms with van der Waals surface area (Å²) in [5.74, 6) is -2.65. The third-order valence-electron chi connectivity index (χ3n) is 3.98. The van der Waals surface area contributed by atoms with Crippen LogP contribution in [0.15, 0.2) is 24.3 Å². The van der Waals surface area contributed by atoms with Crippen molar-refractivity contribution in [2.75, 3.05) is 25.5 Å². The van der Waals surface area contributed by atoms with Crippen LogP contribution in [0.4, 0.5) is 10.5 Å². The normalized spacial score (nSPS) is 10.9. The molecule has 0 heterocycles. The maximum absolute atomic E-state index is 12.0. The summed E-state index contributed by atoms with van der Waals surface area (Å²) in [5.41, 5.74) is 0.738. The number of amides is 5. The number of carbonyl (C=O) groups excluding carboxylic acids is 5. The molecule has 0 bridgehead atoms. The number of aldehydes is 1. The van der Waals surface area contributed by atoms with Gasteiger partial charge in [0, 0.05) is 32.1 Å². The number of hydrogen-bond acceptors (Lipinski definition) is 7. The SMILES string of the molecule is CNC(=O)[C@H](CCC(=O)NCC=O)NC(=O)NC(=O)CCNc1ccc(C(=O)O)cc1. The van der Waals surface area contributed by atoms with Gasteiger partial charge in [-0.1, -0.05) is 0 Å². The van der Waals surface area contributed by atoms with Crippen LogP contribution in [0.2, 0.25) is 0 Å². The van der Waals surface area contributed by atoms with E-state index in [9.17, 15) is 28.8 Å². The Morgan fingerprint density at radius 3 is 2.29 bits per heavy atom.